The molecule has 0 unspecified atom stereocenters. The van der Waals surface area contributed by atoms with E-state index >= 15 is 0 Å². The molecule has 0 aliphatic carbocycles. The van der Waals surface area contributed by atoms with Crippen LogP contribution in [-0.2, 0) is 27.5 Å². The third kappa shape index (κ3) is 5.23. The Morgan fingerprint density at radius 3 is 2.64 bits per heavy atom. The van der Waals surface area contributed by atoms with Crippen molar-refractivity contribution < 1.29 is 32.6 Å². The average Bonchev–Trinajstić information content (AvgIpc) is 3.36. The lowest BCUT2D eigenvalue weighted by Crippen LogP contribution is -2.45. The van der Waals surface area contributed by atoms with Crippen LogP contribution < -0.4 is 10.1 Å². The van der Waals surface area contributed by atoms with E-state index in [4.69, 9.17) is 18.6 Å². The number of carbonyl (C=O) groups excluding carboxylic acids is 2. The molecule has 7 nitrogen and oxygen atoms in total. The zero-order chi connectivity index (χ0) is 23.4. The van der Waals surface area contributed by atoms with Gasteiger partial charge < -0.3 is 23.9 Å². The average molecular weight is 453 g/mol. The van der Waals surface area contributed by atoms with E-state index in [1.54, 1.807) is 19.9 Å². The number of furan rings is 1. The fourth-order valence-corrected chi connectivity index (χ4v) is 3.52. The van der Waals surface area contributed by atoms with Gasteiger partial charge in [-0.05, 0) is 30.2 Å². The number of hydrogen-bond donors (Lipinski definition) is 1. The Kier molecular flexibility index (Phi) is 6.74. The van der Waals surface area contributed by atoms with Gasteiger partial charge in [0.25, 0.3) is 5.91 Å². The van der Waals surface area contributed by atoms with E-state index in [0.717, 1.165) is 5.56 Å². The first-order valence-electron chi connectivity index (χ1n) is 10.6. The molecule has 2 heterocycles. The Hall–Kier alpha value is -3.65. The lowest BCUT2D eigenvalue weighted by molar-refractivity contribution is -0.148. The van der Waals surface area contributed by atoms with Crippen molar-refractivity contribution in [3.8, 4) is 5.75 Å². The summed E-state index contributed by atoms with van der Waals surface area (Å²) in [6.07, 6.45) is 0.714. The second-order valence-electron chi connectivity index (χ2n) is 8.00. The zero-order valence-corrected chi connectivity index (χ0v) is 18.2. The van der Waals surface area contributed by atoms with E-state index in [9.17, 15) is 14.0 Å². The van der Waals surface area contributed by atoms with E-state index in [-0.39, 0.29) is 24.9 Å². The second-order valence-corrected chi connectivity index (χ2v) is 8.00. The Balaban J connectivity index is 1.48. The number of fused-ring (bicyclic) bond motifs is 1. The molecule has 8 heteroatoms. The van der Waals surface area contributed by atoms with Crippen LogP contribution in [0.1, 0.15) is 47.4 Å². The van der Waals surface area contributed by atoms with Crippen LogP contribution in [0, 0.1) is 11.7 Å². The number of hydrogen-bond acceptors (Lipinski definition) is 6. The molecule has 1 aliphatic heterocycles. The van der Waals surface area contributed by atoms with Crippen molar-refractivity contribution in [3.05, 3.63) is 89.1 Å². The first kappa shape index (κ1) is 22.5. The van der Waals surface area contributed by atoms with Crippen molar-refractivity contribution in [3.63, 3.8) is 0 Å². The summed E-state index contributed by atoms with van der Waals surface area (Å²) in [5.41, 5.74) is 1.72. The Morgan fingerprint density at radius 1 is 1.15 bits per heavy atom. The monoisotopic (exact) mass is 453 g/mol. The summed E-state index contributed by atoms with van der Waals surface area (Å²) in [4.78, 5) is 25.1. The van der Waals surface area contributed by atoms with Crippen LogP contribution in [0.25, 0.3) is 0 Å². The van der Waals surface area contributed by atoms with Crippen molar-refractivity contribution >= 4 is 11.9 Å². The van der Waals surface area contributed by atoms with Crippen molar-refractivity contribution in [1.29, 1.82) is 0 Å². The molecule has 1 N–H and O–H groups in total. The van der Waals surface area contributed by atoms with Gasteiger partial charge >= 0.3 is 5.97 Å². The molecule has 0 spiro atoms. The summed E-state index contributed by atoms with van der Waals surface area (Å²) >= 11 is 0. The number of amides is 1. The van der Waals surface area contributed by atoms with E-state index in [1.165, 1.54) is 24.5 Å². The maximum absolute atomic E-state index is 14.2. The number of rotatable bonds is 7. The van der Waals surface area contributed by atoms with Gasteiger partial charge in [0, 0.05) is 16.7 Å². The molecule has 2 aromatic carbocycles. The van der Waals surface area contributed by atoms with E-state index in [1.807, 2.05) is 30.3 Å². The largest absolute Gasteiger partial charge is 0.460 e. The number of nitrogens with one attached hydrogen (secondary N) is 1. The van der Waals surface area contributed by atoms with Crippen molar-refractivity contribution in [2.75, 3.05) is 0 Å². The highest BCUT2D eigenvalue weighted by Gasteiger charge is 2.29. The fourth-order valence-electron chi connectivity index (χ4n) is 3.52. The number of halogens is 1. The van der Waals surface area contributed by atoms with Crippen molar-refractivity contribution in [2.24, 2.45) is 5.92 Å². The Morgan fingerprint density at radius 2 is 1.94 bits per heavy atom. The molecular formula is C25H24FNO6. The molecular weight excluding hydrogens is 429 g/mol. The van der Waals surface area contributed by atoms with Crippen LogP contribution in [0.3, 0.4) is 0 Å². The molecule has 1 aromatic heterocycles. The summed E-state index contributed by atoms with van der Waals surface area (Å²) in [7, 11) is 0. The lowest BCUT2D eigenvalue weighted by Gasteiger charge is -2.28. The predicted molar refractivity (Wildman–Crippen MR) is 116 cm³/mol. The maximum Gasteiger partial charge on any atom is 0.329 e. The van der Waals surface area contributed by atoms with Gasteiger partial charge in [-0.1, -0.05) is 44.2 Å². The molecule has 172 valence electrons. The van der Waals surface area contributed by atoms with Gasteiger partial charge in [0.1, 0.15) is 24.2 Å². The normalized spacial score (nSPS) is 15.9. The minimum absolute atomic E-state index is 0.0907. The second kappa shape index (κ2) is 9.87. The lowest BCUT2D eigenvalue weighted by atomic mass is 10.0. The van der Waals surface area contributed by atoms with Gasteiger partial charge in [0.15, 0.2) is 5.76 Å². The van der Waals surface area contributed by atoms with Gasteiger partial charge in [0.05, 0.1) is 12.9 Å². The molecule has 0 saturated carbocycles. The summed E-state index contributed by atoms with van der Waals surface area (Å²) in [6.45, 7) is 3.49. The molecule has 33 heavy (non-hydrogen) atoms. The van der Waals surface area contributed by atoms with Crippen molar-refractivity contribution in [1.82, 2.24) is 5.32 Å². The SMILES string of the molecule is CC(C)[C@H](NC(=O)c1ccco1)C(=O)OCc1cc(F)cc2c1O[C@@H](c1ccccc1)OC2. The Labute approximate surface area is 190 Å². The molecule has 0 fully saturated rings. The first-order chi connectivity index (χ1) is 15.9. The standard InChI is InChI=1S/C25H24FNO6/c1-15(2)21(27-23(28)20-9-6-10-30-20)24(29)31-13-17-11-19(26)12-18-14-32-25(33-22(17)18)16-7-4-3-5-8-16/h3-12,15,21,25H,13-14H2,1-2H3,(H,27,28)/t21-,25-/m0/s1. The number of carbonyl (C=O) groups is 2. The topological polar surface area (TPSA) is 87.0 Å². The summed E-state index contributed by atoms with van der Waals surface area (Å²) in [5, 5.41) is 2.62. The summed E-state index contributed by atoms with van der Waals surface area (Å²) < 4.78 is 36.4. The highest BCUT2D eigenvalue weighted by Crippen LogP contribution is 2.36. The smallest absolute Gasteiger partial charge is 0.329 e. The molecule has 1 aliphatic rings. The molecule has 2 atom stereocenters. The minimum atomic E-state index is -0.909. The number of ether oxygens (including phenoxy) is 3. The molecule has 0 bridgehead atoms. The first-order valence-corrected chi connectivity index (χ1v) is 10.6. The van der Waals surface area contributed by atoms with Gasteiger partial charge in [-0.3, -0.25) is 4.79 Å². The molecule has 0 saturated heterocycles. The minimum Gasteiger partial charge on any atom is -0.460 e. The number of benzene rings is 2. The quantitative estimate of drug-likeness (QED) is 0.529. The van der Waals surface area contributed by atoms with Crippen LogP contribution in [0.4, 0.5) is 4.39 Å². The number of esters is 1. The van der Waals surface area contributed by atoms with Crippen LogP contribution in [0.15, 0.2) is 65.3 Å². The molecule has 0 radical (unpaired) electrons. The zero-order valence-electron chi connectivity index (χ0n) is 18.2. The van der Waals surface area contributed by atoms with E-state index in [0.29, 0.717) is 16.9 Å². The Bertz CT molecular complexity index is 1110. The van der Waals surface area contributed by atoms with Gasteiger partial charge in [-0.25, -0.2) is 9.18 Å². The highest BCUT2D eigenvalue weighted by atomic mass is 19.1. The van der Waals surface area contributed by atoms with Gasteiger partial charge in [-0.15, -0.1) is 0 Å². The molecule has 3 aromatic rings. The fraction of sp³-hybridized carbons (Fsp3) is 0.280. The third-order valence-electron chi connectivity index (χ3n) is 5.22. The van der Waals surface area contributed by atoms with E-state index in [2.05, 4.69) is 5.32 Å². The third-order valence-corrected chi connectivity index (χ3v) is 5.22. The van der Waals surface area contributed by atoms with E-state index < -0.39 is 30.0 Å². The van der Waals surface area contributed by atoms with Crippen LogP contribution in [0.2, 0.25) is 0 Å². The van der Waals surface area contributed by atoms with Crippen LogP contribution in [-0.4, -0.2) is 17.9 Å². The molecule has 4 rings (SSSR count). The van der Waals surface area contributed by atoms with Crippen LogP contribution in [0.5, 0.6) is 5.75 Å². The van der Waals surface area contributed by atoms with Crippen molar-refractivity contribution in [2.45, 2.75) is 39.4 Å². The van der Waals surface area contributed by atoms with Crippen LogP contribution >= 0.6 is 0 Å². The predicted octanol–water partition coefficient (Wildman–Crippen LogP) is 4.52. The maximum atomic E-state index is 14.2. The summed E-state index contributed by atoms with van der Waals surface area (Å²) in [5.74, 6) is -1.39. The molecule has 1 amide bonds. The van der Waals surface area contributed by atoms with Gasteiger partial charge in [-0.2, -0.15) is 0 Å². The van der Waals surface area contributed by atoms with Gasteiger partial charge in [0.2, 0.25) is 6.29 Å². The summed E-state index contributed by atoms with van der Waals surface area (Å²) in [6, 6.07) is 14.1. The highest BCUT2D eigenvalue weighted by molar-refractivity contribution is 5.94.